The molecule has 4 heterocycles. The van der Waals surface area contributed by atoms with Crippen LogP contribution >= 0.6 is 12.2 Å². The molecule has 19 atom stereocenters. The number of carboxylic acids is 1. The van der Waals surface area contributed by atoms with E-state index in [1.54, 1.807) is 106 Å². The Morgan fingerprint density at radius 1 is 0.720 bits per heavy atom. The number of esters is 1. The number of hydrogen-bond acceptors (Lipinski definition) is 18. The Kier molecular flexibility index (Phi) is 26.5. The summed E-state index contributed by atoms with van der Waals surface area (Å²) in [7, 11) is 0. The SMILES string of the molecule is C[C@@H]1[C@H](O)[C@@H](C)/C=C/C=C/C=C/C=C/C=C/C=C/C=C/[C@H](O[C@@H]2O[C@@H](C)[C@@H](O)[C@H](NC(=S)NCc3ccncc3)[C@@H]2O)C[C@@H]2O[C@](O)(C[C@@H](O)C[C@@H](O)[C@H](O)CC[C@@H](O)C[C@@H](O)CC(=O)O[C@H]1C)C[C@H](O)[C@H]2C(=O)O. The molecule has 0 radical (unpaired) electrons. The second kappa shape index (κ2) is 31.6. The molecule has 0 saturated carbocycles. The molecule has 1 aromatic rings. The molecule has 21 heteroatoms. The highest BCUT2D eigenvalue weighted by atomic mass is 32.1. The van der Waals surface area contributed by atoms with E-state index in [0.29, 0.717) is 6.54 Å². The summed E-state index contributed by atoms with van der Waals surface area (Å²) in [6.07, 6.45) is 6.12. The van der Waals surface area contributed by atoms with E-state index in [2.05, 4.69) is 15.6 Å². The molecule has 0 unspecified atom stereocenters. The minimum absolute atomic E-state index is 0.111. The predicted octanol–water partition coefficient (Wildman–Crippen LogP) is 1.81. The van der Waals surface area contributed by atoms with Crippen LogP contribution in [0.1, 0.15) is 84.6 Å². The van der Waals surface area contributed by atoms with Gasteiger partial charge in [0.1, 0.15) is 24.2 Å². The Labute approximate surface area is 444 Å². The van der Waals surface area contributed by atoms with Gasteiger partial charge in [-0.1, -0.05) is 98.9 Å². The summed E-state index contributed by atoms with van der Waals surface area (Å²) in [6, 6.07) is 2.46. The average molecular weight is 1070 g/mol. The van der Waals surface area contributed by atoms with Gasteiger partial charge in [0.2, 0.25) is 0 Å². The number of rotatable bonds is 6. The molecule has 75 heavy (non-hydrogen) atoms. The molecule has 1 aromatic heterocycles. The van der Waals surface area contributed by atoms with Crippen LogP contribution in [0.5, 0.6) is 0 Å². The lowest BCUT2D eigenvalue weighted by Gasteiger charge is -2.45. The first-order valence-electron chi connectivity index (χ1n) is 25.4. The third kappa shape index (κ3) is 21.4. The number of aliphatic carboxylic acids is 1. The summed E-state index contributed by atoms with van der Waals surface area (Å²) in [5.74, 6) is -6.94. The number of allylic oxidation sites excluding steroid dienone is 12. The molecule has 0 spiro atoms. The van der Waals surface area contributed by atoms with Crippen molar-refractivity contribution in [3.8, 4) is 0 Å². The van der Waals surface area contributed by atoms with E-state index in [1.165, 1.54) is 6.08 Å². The minimum atomic E-state index is -2.36. The van der Waals surface area contributed by atoms with Crippen LogP contribution in [0.15, 0.2) is 110 Å². The molecule has 2 fully saturated rings. The first kappa shape index (κ1) is 63.0. The van der Waals surface area contributed by atoms with Crippen LogP contribution < -0.4 is 10.6 Å². The summed E-state index contributed by atoms with van der Waals surface area (Å²) in [4.78, 5) is 29.4. The van der Waals surface area contributed by atoms with E-state index in [-0.39, 0.29) is 36.7 Å². The third-order valence-corrected chi connectivity index (χ3v) is 13.7. The number of carbonyl (C=O) groups is 2. The maximum atomic E-state index is 12.7. The largest absolute Gasteiger partial charge is 0.481 e. The van der Waals surface area contributed by atoms with Crippen molar-refractivity contribution < 1.29 is 84.7 Å². The highest BCUT2D eigenvalue weighted by Gasteiger charge is 2.51. The number of carboxylic acid groups (broad SMARTS) is 1. The van der Waals surface area contributed by atoms with E-state index in [0.717, 1.165) is 5.56 Å². The zero-order chi connectivity index (χ0) is 55.2. The van der Waals surface area contributed by atoms with Gasteiger partial charge in [0.25, 0.3) is 0 Å². The normalized spacial score (nSPS) is 40.8. The minimum Gasteiger partial charge on any atom is -0.481 e. The number of cyclic esters (lactones) is 1. The molecule has 0 aliphatic carbocycles. The fourth-order valence-electron chi connectivity index (χ4n) is 8.99. The van der Waals surface area contributed by atoms with Gasteiger partial charge in [-0.25, -0.2) is 0 Å². The average Bonchev–Trinajstić information content (AvgIpc) is 3.34. The molecule has 2 bridgehead atoms. The predicted molar refractivity (Wildman–Crippen MR) is 280 cm³/mol. The van der Waals surface area contributed by atoms with Crippen molar-refractivity contribution in [3.63, 3.8) is 0 Å². The molecular formula is C54H79N3O17S. The number of pyridine rings is 1. The first-order chi connectivity index (χ1) is 35.6. The standard InChI is InChI=1S/C54H79N3O17S/c1-32-17-15-13-11-9-7-5-6-8-10-12-14-16-18-40(73-52-50(67)47(49(66)35(4)72-52)57-53(75)56-31-36-21-23-55-24-22-36)28-44-46(51(68)69)43(63)30-54(70,74-44)29-39(60)26-42(62)41(61)20-19-37(58)25-38(59)27-45(64)71-34(3)33(2)48(32)65/h5-18,21-24,32-35,37-44,46-50,52,58-63,65-67,70H,19-20,25-31H2,1-4H3,(H,68,69)(H2,56,57,75)/b6-5+,9-7+,10-8+,13-11+,14-12+,17-15+,18-16+/t32-,33-,34-,35-,37+,38+,39-,40-,41+,42+,43-,44-,46+,47-,48+,49+,50-,52-,54+/m0/s1. The van der Waals surface area contributed by atoms with Gasteiger partial charge in [-0.2, -0.15) is 0 Å². The van der Waals surface area contributed by atoms with Crippen molar-refractivity contribution in [2.45, 2.75) is 183 Å². The van der Waals surface area contributed by atoms with Crippen LogP contribution in [-0.4, -0.2) is 176 Å². The highest BCUT2D eigenvalue weighted by Crippen LogP contribution is 2.38. The Balaban J connectivity index is 1.57. The van der Waals surface area contributed by atoms with Crippen molar-refractivity contribution in [2.24, 2.45) is 17.8 Å². The van der Waals surface area contributed by atoms with Gasteiger partial charge >= 0.3 is 11.9 Å². The van der Waals surface area contributed by atoms with Gasteiger partial charge in [0.15, 0.2) is 17.2 Å². The van der Waals surface area contributed by atoms with Crippen LogP contribution in [0, 0.1) is 17.8 Å². The lowest BCUT2D eigenvalue weighted by Crippen LogP contribution is -2.65. The summed E-state index contributed by atoms with van der Waals surface area (Å²) >= 11 is 5.48. The molecular weight excluding hydrogens is 995 g/mol. The maximum Gasteiger partial charge on any atom is 0.311 e. The zero-order valence-electron chi connectivity index (χ0n) is 42.9. The van der Waals surface area contributed by atoms with Crippen LogP contribution in [0.3, 0.4) is 0 Å². The molecule has 0 aromatic carbocycles. The van der Waals surface area contributed by atoms with E-state index in [4.69, 9.17) is 31.2 Å². The number of ether oxygens (including phenoxy) is 4. The molecule has 13 N–H and O–H groups in total. The molecule has 418 valence electrons. The zero-order valence-corrected chi connectivity index (χ0v) is 43.7. The summed E-state index contributed by atoms with van der Waals surface area (Å²) in [6.45, 7) is 7.09. The Bertz CT molecular complexity index is 2130. The maximum absolute atomic E-state index is 12.7. The monoisotopic (exact) mass is 1070 g/mol. The second-order valence-corrected chi connectivity index (χ2v) is 20.1. The summed E-state index contributed by atoms with van der Waals surface area (Å²) < 4.78 is 23.7. The van der Waals surface area contributed by atoms with Crippen LogP contribution in [0.4, 0.5) is 0 Å². The fourth-order valence-corrected chi connectivity index (χ4v) is 9.20. The number of aliphatic hydroxyl groups excluding tert-OH is 9. The molecule has 3 aliphatic rings. The summed E-state index contributed by atoms with van der Waals surface area (Å²) in [5, 5.41) is 127. The van der Waals surface area contributed by atoms with Crippen molar-refractivity contribution in [1.82, 2.24) is 15.6 Å². The van der Waals surface area contributed by atoms with Crippen molar-refractivity contribution >= 4 is 29.3 Å². The lowest BCUT2D eigenvalue weighted by atomic mass is 9.82. The number of nitrogens with one attached hydrogen (secondary N) is 2. The van der Waals surface area contributed by atoms with Gasteiger partial charge in [0.05, 0.1) is 73.5 Å². The van der Waals surface area contributed by atoms with Gasteiger partial charge in [0, 0.05) is 56.5 Å². The number of nitrogens with zero attached hydrogens (tertiary/aromatic N) is 1. The topological polar surface area (TPSA) is 331 Å². The van der Waals surface area contributed by atoms with Crippen molar-refractivity contribution in [1.29, 1.82) is 0 Å². The highest BCUT2D eigenvalue weighted by molar-refractivity contribution is 7.80. The van der Waals surface area contributed by atoms with Crippen LogP contribution in [0.25, 0.3) is 0 Å². The fraction of sp³-hybridized carbons (Fsp3) is 0.593. The molecule has 20 nitrogen and oxygen atoms in total. The lowest BCUT2D eigenvalue weighted by molar-refractivity contribution is -0.309. The quantitative estimate of drug-likeness (QED) is 0.143. The van der Waals surface area contributed by atoms with E-state index >= 15 is 0 Å². The molecule has 2 saturated heterocycles. The van der Waals surface area contributed by atoms with E-state index in [9.17, 15) is 65.8 Å². The molecule has 0 amide bonds. The van der Waals surface area contributed by atoms with Crippen molar-refractivity contribution in [3.05, 3.63) is 115 Å². The van der Waals surface area contributed by atoms with Gasteiger partial charge < -0.3 is 85.8 Å². The van der Waals surface area contributed by atoms with Gasteiger partial charge in [-0.05, 0) is 63.0 Å². The van der Waals surface area contributed by atoms with E-state index < -0.39 is 147 Å². The van der Waals surface area contributed by atoms with Crippen LogP contribution in [-0.2, 0) is 35.1 Å². The number of fused-ring (bicyclic) bond motifs is 2. The van der Waals surface area contributed by atoms with Gasteiger partial charge in [-0.15, -0.1) is 0 Å². The summed E-state index contributed by atoms with van der Waals surface area (Å²) in [5.41, 5.74) is 0.869. The Morgan fingerprint density at radius 2 is 1.32 bits per heavy atom. The third-order valence-electron chi connectivity index (χ3n) is 13.5. The smallest absolute Gasteiger partial charge is 0.311 e. The van der Waals surface area contributed by atoms with Crippen molar-refractivity contribution in [2.75, 3.05) is 0 Å². The Hall–Kier alpha value is -4.56. The Morgan fingerprint density at radius 3 is 1.93 bits per heavy atom. The number of hydrogen-bond donors (Lipinski definition) is 13. The van der Waals surface area contributed by atoms with Gasteiger partial charge in [-0.3, -0.25) is 14.6 Å². The number of aromatic nitrogens is 1. The first-order valence-corrected chi connectivity index (χ1v) is 25.9. The number of thiocarbonyl (C=S) groups is 1. The van der Waals surface area contributed by atoms with E-state index in [1.807, 2.05) is 25.2 Å². The molecule has 4 rings (SSSR count). The number of carbonyl (C=O) groups excluding carboxylic acids is 1. The number of aliphatic hydroxyl groups is 10. The molecule has 3 aliphatic heterocycles. The van der Waals surface area contributed by atoms with Crippen LogP contribution in [0.2, 0.25) is 0 Å². The second-order valence-electron chi connectivity index (χ2n) is 19.7.